The van der Waals surface area contributed by atoms with Crippen molar-refractivity contribution in [2.75, 3.05) is 18.9 Å². The minimum absolute atomic E-state index is 0. The molecule has 0 aromatic carbocycles. The summed E-state index contributed by atoms with van der Waals surface area (Å²) in [6.45, 7) is 2.27. The molecule has 2 N–H and O–H groups in total. The minimum Gasteiger partial charge on any atom is -0.311 e. The van der Waals surface area contributed by atoms with Crippen molar-refractivity contribution in [1.82, 2.24) is 10.3 Å². The van der Waals surface area contributed by atoms with Gasteiger partial charge in [0.1, 0.15) is 0 Å². The molecular formula is C7H12ClN3OS. The number of nitrogens with zero attached hydrogens (tertiary/aromatic N) is 1. The highest BCUT2D eigenvalue weighted by atomic mass is 35.5. The summed E-state index contributed by atoms with van der Waals surface area (Å²) in [5, 5.41) is 6.09. The second kappa shape index (κ2) is 5.90. The van der Waals surface area contributed by atoms with E-state index in [1.807, 2.05) is 6.92 Å². The molecular weight excluding hydrogens is 210 g/mol. The smallest absolute Gasteiger partial charge is 0.240 e. The number of halogens is 1. The quantitative estimate of drug-likeness (QED) is 0.802. The van der Waals surface area contributed by atoms with E-state index in [9.17, 15) is 4.79 Å². The van der Waals surface area contributed by atoms with Crippen LogP contribution < -0.4 is 10.6 Å². The predicted octanol–water partition coefficient (Wildman–Crippen LogP) is 1.03. The van der Waals surface area contributed by atoms with E-state index in [2.05, 4.69) is 15.6 Å². The lowest BCUT2D eigenvalue weighted by atomic mass is 10.6. The number of anilines is 1. The summed E-state index contributed by atoms with van der Waals surface area (Å²) < 4.78 is 0. The first-order valence-electron chi connectivity index (χ1n) is 3.59. The van der Waals surface area contributed by atoms with Gasteiger partial charge in [-0.15, -0.1) is 23.7 Å². The topological polar surface area (TPSA) is 54.0 Å². The Balaban J connectivity index is 0.00000144. The van der Waals surface area contributed by atoms with E-state index in [-0.39, 0.29) is 18.3 Å². The molecule has 0 aliphatic heterocycles. The zero-order valence-electron chi connectivity index (χ0n) is 7.46. The summed E-state index contributed by atoms with van der Waals surface area (Å²) in [4.78, 5) is 16.1. The molecule has 6 heteroatoms. The molecule has 0 atom stereocenters. The standard InChI is InChI=1S/C7H11N3OS.ClH/c1-5-3-9-7(12-5)10-6(11)4-8-2;/h3,8H,4H2,1-2H3,(H,9,10,11);1H. The maximum absolute atomic E-state index is 11.0. The van der Waals surface area contributed by atoms with Crippen LogP contribution in [0.25, 0.3) is 0 Å². The maximum Gasteiger partial charge on any atom is 0.240 e. The van der Waals surface area contributed by atoms with Crippen molar-refractivity contribution >= 4 is 34.8 Å². The monoisotopic (exact) mass is 221 g/mol. The molecule has 0 fully saturated rings. The van der Waals surface area contributed by atoms with Crippen LogP contribution in [0.2, 0.25) is 0 Å². The van der Waals surface area contributed by atoms with Crippen molar-refractivity contribution in [2.45, 2.75) is 6.92 Å². The van der Waals surface area contributed by atoms with E-state index in [1.165, 1.54) is 11.3 Å². The van der Waals surface area contributed by atoms with Crippen LogP contribution in [-0.4, -0.2) is 24.5 Å². The molecule has 0 aliphatic rings. The van der Waals surface area contributed by atoms with Crippen LogP contribution >= 0.6 is 23.7 Å². The summed E-state index contributed by atoms with van der Waals surface area (Å²) in [5.41, 5.74) is 0. The first-order chi connectivity index (χ1) is 5.72. The molecule has 0 aliphatic carbocycles. The number of thiazole rings is 1. The molecule has 0 unspecified atom stereocenters. The lowest BCUT2D eigenvalue weighted by Gasteiger charge is -1.98. The third kappa shape index (κ3) is 4.21. The number of aromatic nitrogens is 1. The van der Waals surface area contributed by atoms with Crippen LogP contribution in [0.5, 0.6) is 0 Å². The Bertz CT molecular complexity index is 276. The second-order valence-corrected chi connectivity index (χ2v) is 3.59. The summed E-state index contributed by atoms with van der Waals surface area (Å²) in [7, 11) is 1.73. The third-order valence-electron chi connectivity index (χ3n) is 1.20. The Kier molecular flexibility index (Phi) is 5.61. The molecule has 1 amide bonds. The molecule has 1 aromatic rings. The number of hydrogen-bond donors (Lipinski definition) is 2. The van der Waals surface area contributed by atoms with Crippen molar-refractivity contribution in [3.05, 3.63) is 11.1 Å². The number of aryl methyl sites for hydroxylation is 1. The van der Waals surface area contributed by atoms with E-state index >= 15 is 0 Å². The highest BCUT2D eigenvalue weighted by Crippen LogP contribution is 2.15. The van der Waals surface area contributed by atoms with E-state index in [0.29, 0.717) is 11.7 Å². The van der Waals surface area contributed by atoms with Crippen molar-refractivity contribution < 1.29 is 4.79 Å². The molecule has 0 spiro atoms. The predicted molar refractivity (Wildman–Crippen MR) is 56.7 cm³/mol. The molecule has 0 saturated heterocycles. The lowest BCUT2D eigenvalue weighted by Crippen LogP contribution is -2.24. The van der Waals surface area contributed by atoms with Crippen molar-refractivity contribution in [2.24, 2.45) is 0 Å². The van der Waals surface area contributed by atoms with E-state index in [0.717, 1.165) is 4.88 Å². The molecule has 1 heterocycles. The van der Waals surface area contributed by atoms with Gasteiger partial charge < -0.3 is 10.6 Å². The second-order valence-electron chi connectivity index (χ2n) is 2.35. The van der Waals surface area contributed by atoms with Gasteiger partial charge in [-0.25, -0.2) is 4.98 Å². The van der Waals surface area contributed by atoms with Gasteiger partial charge in [0.25, 0.3) is 0 Å². The Morgan fingerprint density at radius 1 is 1.69 bits per heavy atom. The van der Waals surface area contributed by atoms with Crippen molar-refractivity contribution in [1.29, 1.82) is 0 Å². The summed E-state index contributed by atoms with van der Waals surface area (Å²) in [6, 6.07) is 0. The van der Waals surface area contributed by atoms with Gasteiger partial charge in [-0.1, -0.05) is 0 Å². The zero-order valence-corrected chi connectivity index (χ0v) is 9.09. The van der Waals surface area contributed by atoms with Gasteiger partial charge in [0.2, 0.25) is 5.91 Å². The van der Waals surface area contributed by atoms with Crippen LogP contribution in [0, 0.1) is 6.92 Å². The summed E-state index contributed by atoms with van der Waals surface area (Å²) in [5.74, 6) is -0.0631. The summed E-state index contributed by atoms with van der Waals surface area (Å²) >= 11 is 1.47. The molecule has 0 radical (unpaired) electrons. The van der Waals surface area contributed by atoms with E-state index in [1.54, 1.807) is 13.2 Å². The van der Waals surface area contributed by atoms with Gasteiger partial charge in [-0.2, -0.15) is 0 Å². The van der Waals surface area contributed by atoms with Gasteiger partial charge in [-0.3, -0.25) is 4.79 Å². The number of hydrogen-bond acceptors (Lipinski definition) is 4. The molecule has 74 valence electrons. The number of rotatable bonds is 3. The van der Waals surface area contributed by atoms with Crippen LogP contribution in [0.3, 0.4) is 0 Å². The highest BCUT2D eigenvalue weighted by molar-refractivity contribution is 7.15. The highest BCUT2D eigenvalue weighted by Gasteiger charge is 2.02. The first-order valence-corrected chi connectivity index (χ1v) is 4.41. The van der Waals surface area contributed by atoms with Crippen LogP contribution in [0.1, 0.15) is 4.88 Å². The fourth-order valence-electron chi connectivity index (χ4n) is 0.737. The number of carbonyl (C=O) groups excluding carboxylic acids is 1. The van der Waals surface area contributed by atoms with Gasteiger partial charge in [-0.05, 0) is 14.0 Å². The molecule has 1 aromatic heterocycles. The number of likely N-dealkylation sites (N-methyl/N-ethyl adjacent to an activating group) is 1. The Morgan fingerprint density at radius 3 is 2.85 bits per heavy atom. The number of carbonyl (C=O) groups is 1. The molecule has 0 saturated carbocycles. The van der Waals surface area contributed by atoms with Gasteiger partial charge >= 0.3 is 0 Å². The fraction of sp³-hybridized carbons (Fsp3) is 0.429. The third-order valence-corrected chi connectivity index (χ3v) is 2.03. The molecule has 13 heavy (non-hydrogen) atoms. The number of amides is 1. The first kappa shape index (κ1) is 12.3. The van der Waals surface area contributed by atoms with E-state index < -0.39 is 0 Å². The Labute approximate surface area is 87.2 Å². The van der Waals surface area contributed by atoms with Gasteiger partial charge in [0.05, 0.1) is 6.54 Å². The molecule has 0 bridgehead atoms. The summed E-state index contributed by atoms with van der Waals surface area (Å²) in [6.07, 6.45) is 1.74. The number of nitrogens with one attached hydrogen (secondary N) is 2. The van der Waals surface area contributed by atoms with Crippen molar-refractivity contribution in [3.8, 4) is 0 Å². The molecule has 1 rings (SSSR count). The zero-order chi connectivity index (χ0) is 8.97. The van der Waals surface area contributed by atoms with Gasteiger partial charge in [0.15, 0.2) is 5.13 Å². The van der Waals surface area contributed by atoms with Gasteiger partial charge in [0, 0.05) is 11.1 Å². The Morgan fingerprint density at radius 2 is 2.38 bits per heavy atom. The maximum atomic E-state index is 11.0. The Hall–Kier alpha value is -0.650. The fourth-order valence-corrected chi connectivity index (χ4v) is 1.42. The SMILES string of the molecule is CNCC(=O)Nc1ncc(C)s1.Cl. The average Bonchev–Trinajstić information content (AvgIpc) is 2.36. The van der Waals surface area contributed by atoms with E-state index in [4.69, 9.17) is 0 Å². The van der Waals surface area contributed by atoms with Crippen LogP contribution in [-0.2, 0) is 4.79 Å². The lowest BCUT2D eigenvalue weighted by molar-refractivity contribution is -0.115. The minimum atomic E-state index is -0.0631. The average molecular weight is 222 g/mol. The largest absolute Gasteiger partial charge is 0.311 e. The molecule has 4 nitrogen and oxygen atoms in total. The van der Waals surface area contributed by atoms with Crippen molar-refractivity contribution in [3.63, 3.8) is 0 Å². The van der Waals surface area contributed by atoms with Crippen LogP contribution in [0.15, 0.2) is 6.20 Å². The normalized spacial score (nSPS) is 9.08. The van der Waals surface area contributed by atoms with Crippen LogP contribution in [0.4, 0.5) is 5.13 Å².